The molecule has 0 aliphatic heterocycles. The van der Waals surface area contributed by atoms with Gasteiger partial charge in [-0.1, -0.05) is 0 Å². The van der Waals surface area contributed by atoms with Crippen molar-refractivity contribution in [3.63, 3.8) is 0 Å². The Bertz CT molecular complexity index is 712. The number of nitrogens with zero attached hydrogens (tertiary/aromatic N) is 4. The van der Waals surface area contributed by atoms with Gasteiger partial charge in [0.15, 0.2) is 5.65 Å². The van der Waals surface area contributed by atoms with Crippen LogP contribution in [0.5, 0.6) is 0 Å². The van der Waals surface area contributed by atoms with E-state index in [4.69, 9.17) is 0 Å². The van der Waals surface area contributed by atoms with E-state index in [-0.39, 0.29) is 0 Å². The minimum Gasteiger partial charge on any atom is -0.337 e. The Morgan fingerprint density at radius 3 is 2.84 bits per heavy atom. The first kappa shape index (κ1) is 12.4. The molecule has 0 fully saturated rings. The van der Waals surface area contributed by atoms with Crippen molar-refractivity contribution in [1.29, 1.82) is 0 Å². The van der Waals surface area contributed by atoms with Crippen LogP contribution in [0, 0.1) is 13.8 Å². The minimum atomic E-state index is 0.736. The van der Waals surface area contributed by atoms with E-state index in [2.05, 4.69) is 29.9 Å². The highest BCUT2D eigenvalue weighted by Gasteiger charge is 2.14. The molecule has 3 heterocycles. The Hall–Kier alpha value is -1.67. The lowest BCUT2D eigenvalue weighted by molar-refractivity contribution is 1.02. The molecule has 3 rings (SSSR count). The molecule has 19 heavy (non-hydrogen) atoms. The zero-order valence-electron chi connectivity index (χ0n) is 10.7. The van der Waals surface area contributed by atoms with Crippen molar-refractivity contribution in [2.24, 2.45) is 0 Å². The predicted octanol–water partition coefficient (Wildman–Crippen LogP) is 2.89. The first-order chi connectivity index (χ1) is 9.20. The summed E-state index contributed by atoms with van der Waals surface area (Å²) in [5.74, 6) is 0.759. The van der Waals surface area contributed by atoms with Crippen molar-refractivity contribution in [2.45, 2.75) is 18.9 Å². The second-order valence-corrected chi connectivity index (χ2v) is 5.78. The summed E-state index contributed by atoms with van der Waals surface area (Å²) in [5.41, 5.74) is 2.72. The molecule has 0 amide bonds. The van der Waals surface area contributed by atoms with Crippen LogP contribution < -0.4 is 5.32 Å². The second-order valence-electron chi connectivity index (χ2n) is 4.00. The smallest absolute Gasteiger partial charge is 0.161 e. The quantitative estimate of drug-likeness (QED) is 0.723. The molecule has 0 saturated carbocycles. The SMILES string of the molecule is CSc1n[nH]c2ncnc(Nc3c(C)nsc3C)c12. The van der Waals surface area contributed by atoms with Gasteiger partial charge in [-0.25, -0.2) is 9.97 Å². The molecule has 0 radical (unpaired) electrons. The lowest BCUT2D eigenvalue weighted by Gasteiger charge is -2.06. The lowest BCUT2D eigenvalue weighted by Crippen LogP contribution is -1.97. The van der Waals surface area contributed by atoms with Crippen LogP contribution in [0.3, 0.4) is 0 Å². The summed E-state index contributed by atoms with van der Waals surface area (Å²) in [6, 6.07) is 0. The van der Waals surface area contributed by atoms with E-state index < -0.39 is 0 Å². The van der Waals surface area contributed by atoms with E-state index in [0.29, 0.717) is 0 Å². The third kappa shape index (κ3) is 2.06. The van der Waals surface area contributed by atoms with E-state index in [0.717, 1.165) is 38.1 Å². The first-order valence-corrected chi connectivity index (χ1v) is 7.63. The fourth-order valence-corrected chi connectivity index (χ4v) is 3.04. The summed E-state index contributed by atoms with van der Waals surface area (Å²) in [6.07, 6.45) is 3.51. The Morgan fingerprint density at radius 1 is 1.32 bits per heavy atom. The zero-order valence-corrected chi connectivity index (χ0v) is 12.3. The van der Waals surface area contributed by atoms with Gasteiger partial charge in [0.05, 0.1) is 16.8 Å². The van der Waals surface area contributed by atoms with E-state index in [1.807, 2.05) is 20.1 Å². The van der Waals surface area contributed by atoms with Crippen LogP contribution in [0.15, 0.2) is 11.4 Å². The molecule has 0 atom stereocenters. The van der Waals surface area contributed by atoms with Gasteiger partial charge in [0.25, 0.3) is 0 Å². The highest BCUT2D eigenvalue weighted by molar-refractivity contribution is 7.98. The number of aromatic amines is 1. The van der Waals surface area contributed by atoms with Crippen LogP contribution in [0.1, 0.15) is 10.6 Å². The van der Waals surface area contributed by atoms with Crippen molar-refractivity contribution in [3.05, 3.63) is 16.9 Å². The summed E-state index contributed by atoms with van der Waals surface area (Å²) in [5, 5.41) is 12.3. The molecule has 8 heteroatoms. The molecular weight excluding hydrogens is 280 g/mol. The van der Waals surface area contributed by atoms with Gasteiger partial charge in [-0.15, -0.1) is 11.8 Å². The second kappa shape index (κ2) is 4.78. The highest BCUT2D eigenvalue weighted by atomic mass is 32.2. The number of hydrogen-bond acceptors (Lipinski definition) is 7. The molecule has 98 valence electrons. The van der Waals surface area contributed by atoms with Gasteiger partial charge < -0.3 is 5.32 Å². The van der Waals surface area contributed by atoms with Crippen LogP contribution in [0.4, 0.5) is 11.5 Å². The minimum absolute atomic E-state index is 0.736. The normalized spacial score (nSPS) is 11.1. The van der Waals surface area contributed by atoms with Gasteiger partial charge in [-0.2, -0.15) is 9.47 Å². The van der Waals surface area contributed by atoms with Gasteiger partial charge in [0.1, 0.15) is 17.2 Å². The van der Waals surface area contributed by atoms with Crippen molar-refractivity contribution in [3.8, 4) is 0 Å². The monoisotopic (exact) mass is 292 g/mol. The molecule has 0 spiro atoms. The Kier molecular flexibility index (Phi) is 3.11. The van der Waals surface area contributed by atoms with Crippen molar-refractivity contribution < 1.29 is 0 Å². The third-order valence-electron chi connectivity index (χ3n) is 2.79. The largest absolute Gasteiger partial charge is 0.337 e. The summed E-state index contributed by atoms with van der Waals surface area (Å²) < 4.78 is 4.33. The number of rotatable bonds is 3. The molecule has 0 aliphatic carbocycles. The maximum absolute atomic E-state index is 4.33. The number of fused-ring (bicyclic) bond motifs is 1. The topological polar surface area (TPSA) is 79.4 Å². The maximum atomic E-state index is 4.33. The average Bonchev–Trinajstić information content (AvgIpc) is 2.97. The van der Waals surface area contributed by atoms with E-state index in [1.165, 1.54) is 17.9 Å². The number of nitrogens with one attached hydrogen (secondary N) is 2. The van der Waals surface area contributed by atoms with Crippen LogP contribution in [-0.4, -0.2) is 30.8 Å². The van der Waals surface area contributed by atoms with E-state index >= 15 is 0 Å². The van der Waals surface area contributed by atoms with Gasteiger partial charge in [0, 0.05) is 4.88 Å². The van der Waals surface area contributed by atoms with Crippen molar-refractivity contribution in [1.82, 2.24) is 24.5 Å². The highest BCUT2D eigenvalue weighted by Crippen LogP contribution is 2.32. The molecule has 0 unspecified atom stereocenters. The molecular formula is C11H12N6S2. The first-order valence-electron chi connectivity index (χ1n) is 5.63. The molecule has 0 saturated heterocycles. The van der Waals surface area contributed by atoms with Crippen LogP contribution in [0.2, 0.25) is 0 Å². The number of hydrogen-bond donors (Lipinski definition) is 2. The molecule has 6 nitrogen and oxygen atoms in total. The maximum Gasteiger partial charge on any atom is 0.161 e. The Morgan fingerprint density at radius 2 is 2.16 bits per heavy atom. The van der Waals surface area contributed by atoms with E-state index in [1.54, 1.807) is 11.8 Å². The van der Waals surface area contributed by atoms with Gasteiger partial charge in [-0.3, -0.25) is 5.10 Å². The molecule has 0 bridgehead atoms. The fraction of sp³-hybridized carbons (Fsp3) is 0.273. The van der Waals surface area contributed by atoms with Gasteiger partial charge >= 0.3 is 0 Å². The van der Waals surface area contributed by atoms with Crippen molar-refractivity contribution >= 4 is 45.8 Å². The molecule has 2 N–H and O–H groups in total. The molecule has 3 aromatic heterocycles. The standard InChI is InChI=1S/C11H12N6S2/c1-5-8(6(2)19-17-5)14-9-7-10(13-4-12-9)15-16-11(7)18-3/h4H,1-3H3,(H2,12,13,14,15,16). The van der Waals surface area contributed by atoms with Gasteiger partial charge in [-0.05, 0) is 31.6 Å². The molecule has 0 aromatic carbocycles. The van der Waals surface area contributed by atoms with Crippen LogP contribution >= 0.6 is 23.3 Å². The molecule has 0 aliphatic rings. The van der Waals surface area contributed by atoms with E-state index in [9.17, 15) is 0 Å². The summed E-state index contributed by atoms with van der Waals surface area (Å²) >= 11 is 3.05. The summed E-state index contributed by atoms with van der Waals surface area (Å²) in [4.78, 5) is 9.65. The fourth-order valence-electron chi connectivity index (χ4n) is 1.85. The van der Waals surface area contributed by atoms with Crippen molar-refractivity contribution in [2.75, 3.05) is 11.6 Å². The number of H-pyrrole nitrogens is 1. The van der Waals surface area contributed by atoms with Crippen LogP contribution in [0.25, 0.3) is 11.0 Å². The zero-order chi connectivity index (χ0) is 13.4. The number of aryl methyl sites for hydroxylation is 2. The van der Waals surface area contributed by atoms with Gasteiger partial charge in [0.2, 0.25) is 0 Å². The average molecular weight is 292 g/mol. The molecule has 3 aromatic rings. The Labute approximate surface area is 118 Å². The summed E-state index contributed by atoms with van der Waals surface area (Å²) in [6.45, 7) is 4.02. The Balaban J connectivity index is 2.13. The van der Waals surface area contributed by atoms with Crippen LogP contribution in [-0.2, 0) is 0 Å². The number of thioether (sulfide) groups is 1. The number of anilines is 2. The summed E-state index contributed by atoms with van der Waals surface area (Å²) in [7, 11) is 0. The predicted molar refractivity (Wildman–Crippen MR) is 78.3 cm³/mol. The lowest BCUT2D eigenvalue weighted by atomic mass is 10.3. The number of aromatic nitrogens is 5. The third-order valence-corrected chi connectivity index (χ3v) is 4.32.